The lowest BCUT2D eigenvalue weighted by molar-refractivity contribution is -0.133. The molecule has 10 nitrogen and oxygen atoms in total. The van der Waals surface area contributed by atoms with E-state index >= 15 is 0 Å². The molecule has 5 heterocycles. The van der Waals surface area contributed by atoms with Crippen molar-refractivity contribution >= 4 is 34.6 Å². The summed E-state index contributed by atoms with van der Waals surface area (Å²) in [4.78, 5) is 46.3. The Balaban J connectivity index is 0.000000176. The van der Waals surface area contributed by atoms with E-state index in [9.17, 15) is 9.59 Å². The van der Waals surface area contributed by atoms with E-state index in [1.807, 2.05) is 118 Å². The number of thiophene rings is 1. The van der Waals surface area contributed by atoms with Crippen molar-refractivity contribution in [3.8, 4) is 34.3 Å². The molecule has 0 saturated carbocycles. The van der Waals surface area contributed by atoms with Crippen LogP contribution in [0.5, 0.6) is 11.8 Å². The average molecular weight is 867 g/mol. The fourth-order valence-electron chi connectivity index (χ4n) is 7.54. The first kappa shape index (κ1) is 43.4. The maximum atomic E-state index is 12.1. The third kappa shape index (κ3) is 10.0. The van der Waals surface area contributed by atoms with Crippen molar-refractivity contribution in [2.75, 3.05) is 0 Å². The number of carbonyl (C=O) groups is 2. The molecular weight excluding hydrogens is 817 g/mol. The highest BCUT2D eigenvalue weighted by atomic mass is 32.1. The van der Waals surface area contributed by atoms with Crippen molar-refractivity contribution in [1.29, 1.82) is 0 Å². The molecule has 0 spiro atoms. The van der Waals surface area contributed by atoms with Gasteiger partial charge in [0.15, 0.2) is 11.3 Å². The quantitative estimate of drug-likeness (QED) is 0.105. The van der Waals surface area contributed by atoms with Gasteiger partial charge in [0.25, 0.3) is 0 Å². The van der Waals surface area contributed by atoms with Gasteiger partial charge < -0.3 is 9.47 Å². The molecule has 11 heteroatoms. The van der Waals surface area contributed by atoms with Crippen LogP contribution in [0.15, 0.2) is 146 Å². The number of aromatic nitrogens is 6. The Bertz CT molecular complexity index is 3020. The van der Waals surface area contributed by atoms with E-state index in [-0.39, 0.29) is 17.9 Å². The molecule has 1 atom stereocenters. The second kappa shape index (κ2) is 19.9. The molecule has 0 fully saturated rings. The highest BCUT2D eigenvalue weighted by Crippen LogP contribution is 2.34. The number of ether oxygens (including phenoxy) is 2. The first-order valence-corrected chi connectivity index (χ1v) is 22.4. The molecule has 0 aliphatic rings. The number of imidazole rings is 2. The topological polar surface area (TPSA) is 113 Å². The van der Waals surface area contributed by atoms with Crippen LogP contribution in [-0.4, -0.2) is 40.7 Å². The summed E-state index contributed by atoms with van der Waals surface area (Å²) in [6.45, 7) is 9.19. The van der Waals surface area contributed by atoms with Crippen LogP contribution in [0.1, 0.15) is 90.6 Å². The molecule has 0 bridgehead atoms. The van der Waals surface area contributed by atoms with Crippen molar-refractivity contribution in [1.82, 2.24) is 28.7 Å². The van der Waals surface area contributed by atoms with Gasteiger partial charge in [-0.3, -0.25) is 18.4 Å². The molecule has 322 valence electrons. The first-order valence-electron chi connectivity index (χ1n) is 21.6. The second-order valence-electron chi connectivity index (χ2n) is 15.7. The van der Waals surface area contributed by atoms with Gasteiger partial charge in [0, 0.05) is 72.3 Å². The highest BCUT2D eigenvalue weighted by Gasteiger charge is 2.24. The SMILES string of the molecule is CCC(C)c1nc2c(Cc3ccccc3)nc(-c3ccccc3)cn2c1OC(C)=O.CCc1ccc(Cc2nc3c(Cc4ccccc4)nc(-c4ccccc4)cn3c2OC(C)=O)s1. The van der Waals surface area contributed by atoms with E-state index in [2.05, 4.69) is 57.2 Å². The van der Waals surface area contributed by atoms with Crippen LogP contribution < -0.4 is 9.47 Å². The number of hydrogen-bond donors (Lipinski definition) is 0. The normalized spacial score (nSPS) is 11.6. The minimum Gasteiger partial charge on any atom is -0.407 e. The van der Waals surface area contributed by atoms with E-state index in [0.29, 0.717) is 36.7 Å². The van der Waals surface area contributed by atoms with Gasteiger partial charge in [-0.25, -0.2) is 19.9 Å². The number of benzene rings is 4. The van der Waals surface area contributed by atoms with E-state index in [1.165, 1.54) is 23.6 Å². The predicted molar refractivity (Wildman–Crippen MR) is 253 cm³/mol. The Kier molecular flexibility index (Phi) is 13.5. The van der Waals surface area contributed by atoms with E-state index < -0.39 is 0 Å². The number of nitrogens with zero attached hydrogens (tertiary/aromatic N) is 6. The average Bonchev–Trinajstić information content (AvgIpc) is 4.03. The lowest BCUT2D eigenvalue weighted by Gasteiger charge is -2.10. The number of rotatable bonds is 13. The van der Waals surface area contributed by atoms with Crippen molar-refractivity contribution in [2.45, 2.75) is 72.6 Å². The van der Waals surface area contributed by atoms with Crippen LogP contribution >= 0.6 is 11.3 Å². The minimum atomic E-state index is -0.369. The third-order valence-corrected chi connectivity index (χ3v) is 12.1. The van der Waals surface area contributed by atoms with Crippen LogP contribution in [0.3, 0.4) is 0 Å². The third-order valence-electron chi connectivity index (χ3n) is 10.9. The molecule has 5 aromatic heterocycles. The van der Waals surface area contributed by atoms with Crippen LogP contribution in [0.25, 0.3) is 33.8 Å². The predicted octanol–water partition coefficient (Wildman–Crippen LogP) is 11.6. The van der Waals surface area contributed by atoms with Crippen molar-refractivity contribution in [3.05, 3.63) is 190 Å². The molecule has 0 saturated heterocycles. The maximum Gasteiger partial charge on any atom is 0.309 e. The molecule has 0 aliphatic carbocycles. The Morgan fingerprint density at radius 2 is 1.00 bits per heavy atom. The van der Waals surface area contributed by atoms with Crippen molar-refractivity contribution in [2.24, 2.45) is 0 Å². The zero-order valence-electron chi connectivity index (χ0n) is 36.7. The molecule has 9 aromatic rings. The summed E-state index contributed by atoms with van der Waals surface area (Å²) in [5.41, 5.74) is 10.6. The van der Waals surface area contributed by atoms with E-state index in [0.717, 1.165) is 74.9 Å². The Morgan fingerprint density at radius 3 is 1.47 bits per heavy atom. The minimum absolute atomic E-state index is 0.156. The molecule has 9 rings (SSSR count). The van der Waals surface area contributed by atoms with Crippen molar-refractivity contribution < 1.29 is 19.1 Å². The first-order chi connectivity index (χ1) is 31.2. The van der Waals surface area contributed by atoms with Gasteiger partial charge in [-0.2, -0.15) is 0 Å². The van der Waals surface area contributed by atoms with Crippen LogP contribution in [0.2, 0.25) is 0 Å². The summed E-state index contributed by atoms with van der Waals surface area (Å²) in [6.07, 6.45) is 7.58. The van der Waals surface area contributed by atoms with Crippen LogP contribution in [0, 0.1) is 0 Å². The Hall–Kier alpha value is -7.24. The summed E-state index contributed by atoms with van der Waals surface area (Å²) >= 11 is 1.77. The number of fused-ring (bicyclic) bond motifs is 2. The second-order valence-corrected chi connectivity index (χ2v) is 16.9. The number of carbonyl (C=O) groups excluding carboxylic acids is 2. The van der Waals surface area contributed by atoms with Gasteiger partial charge in [0.05, 0.1) is 22.8 Å². The van der Waals surface area contributed by atoms with Gasteiger partial charge in [0.1, 0.15) is 11.4 Å². The summed E-state index contributed by atoms with van der Waals surface area (Å²) in [7, 11) is 0. The lowest BCUT2D eigenvalue weighted by atomic mass is 10.1. The van der Waals surface area contributed by atoms with Crippen molar-refractivity contribution in [3.63, 3.8) is 0 Å². The maximum absolute atomic E-state index is 12.1. The fraction of sp³-hybridized carbons (Fsp3) is 0.208. The smallest absolute Gasteiger partial charge is 0.309 e. The zero-order chi connectivity index (χ0) is 44.6. The summed E-state index contributed by atoms with van der Waals surface area (Å²) in [5.74, 6) is 0.378. The van der Waals surface area contributed by atoms with Gasteiger partial charge in [-0.1, -0.05) is 142 Å². The molecule has 0 aliphatic heterocycles. The van der Waals surface area contributed by atoms with Gasteiger partial charge in [0.2, 0.25) is 11.8 Å². The Labute approximate surface area is 377 Å². The summed E-state index contributed by atoms with van der Waals surface area (Å²) < 4.78 is 15.2. The fourth-order valence-corrected chi connectivity index (χ4v) is 8.50. The number of hydrogen-bond acceptors (Lipinski definition) is 9. The molecule has 4 aromatic carbocycles. The highest BCUT2D eigenvalue weighted by molar-refractivity contribution is 7.12. The largest absolute Gasteiger partial charge is 0.407 e. The molecule has 0 N–H and O–H groups in total. The van der Waals surface area contributed by atoms with E-state index in [1.54, 1.807) is 11.3 Å². The van der Waals surface area contributed by atoms with Gasteiger partial charge in [-0.15, -0.1) is 11.3 Å². The monoisotopic (exact) mass is 866 g/mol. The number of esters is 2. The molecule has 64 heavy (non-hydrogen) atoms. The Morgan fingerprint density at radius 1 is 0.547 bits per heavy atom. The number of aryl methyl sites for hydroxylation is 1. The molecule has 0 amide bonds. The van der Waals surface area contributed by atoms with Crippen LogP contribution in [0.4, 0.5) is 0 Å². The zero-order valence-corrected chi connectivity index (χ0v) is 37.5. The molecule has 1 unspecified atom stereocenters. The van der Waals surface area contributed by atoms with Crippen LogP contribution in [-0.2, 0) is 35.3 Å². The summed E-state index contributed by atoms with van der Waals surface area (Å²) in [5, 5.41) is 0. The van der Waals surface area contributed by atoms with Gasteiger partial charge >= 0.3 is 11.9 Å². The lowest BCUT2D eigenvalue weighted by Crippen LogP contribution is -2.08. The molecule has 0 radical (unpaired) electrons. The molecular formula is C53H50N6O4S. The standard InChI is InChI=1S/C28H25N3O2S.C25H25N3O2/c1-3-22-14-15-23(34-22)17-25-28(33-19(2)32)31-18-26(21-12-8-5-9-13-21)29-24(27(31)30-25)16-20-10-6-4-7-11-20;1-4-17(2)23-25(30-18(3)29)28-16-22(20-13-9-6-10-14-20)26-21(24(28)27-23)15-19-11-7-5-8-12-19/h4-15,18H,3,16-17H2,1-2H3;5-14,16-17H,4,15H2,1-3H3. The van der Waals surface area contributed by atoms with E-state index in [4.69, 9.17) is 29.4 Å². The van der Waals surface area contributed by atoms with Gasteiger partial charge in [-0.05, 0) is 36.1 Å². The summed E-state index contributed by atoms with van der Waals surface area (Å²) in [6, 6.07) is 44.8.